The van der Waals surface area contributed by atoms with E-state index in [0.717, 1.165) is 0 Å². The predicted octanol–water partition coefficient (Wildman–Crippen LogP) is 3.05. The van der Waals surface area contributed by atoms with Crippen molar-refractivity contribution in [2.24, 2.45) is 0 Å². The lowest BCUT2D eigenvalue weighted by Gasteiger charge is -2.02. The molecule has 0 heterocycles. The SMILES string of the molecule is O=[N+]([O-])c1c(Br)ccc(S(=O)(=O)Cl)c1Br. The third kappa shape index (κ3) is 2.68. The first-order valence-corrected chi connectivity index (χ1v) is 7.21. The van der Waals surface area contributed by atoms with Gasteiger partial charge >= 0.3 is 0 Å². The van der Waals surface area contributed by atoms with Gasteiger partial charge in [0, 0.05) is 10.7 Å². The number of rotatable bonds is 2. The van der Waals surface area contributed by atoms with Crippen LogP contribution in [-0.2, 0) is 9.05 Å². The van der Waals surface area contributed by atoms with Crippen LogP contribution in [0.3, 0.4) is 0 Å². The molecule has 82 valence electrons. The highest BCUT2D eigenvalue weighted by atomic mass is 79.9. The van der Waals surface area contributed by atoms with E-state index in [1.165, 1.54) is 12.1 Å². The van der Waals surface area contributed by atoms with Crippen molar-refractivity contribution in [1.29, 1.82) is 0 Å². The molecule has 0 saturated heterocycles. The van der Waals surface area contributed by atoms with Crippen molar-refractivity contribution in [3.8, 4) is 0 Å². The van der Waals surface area contributed by atoms with Crippen molar-refractivity contribution in [2.45, 2.75) is 4.90 Å². The first kappa shape index (κ1) is 12.9. The third-order valence-corrected chi connectivity index (χ3v) is 4.55. The fraction of sp³-hybridized carbons (Fsp3) is 0. The second-order valence-corrected chi connectivity index (χ2v) is 6.58. The minimum Gasteiger partial charge on any atom is -0.258 e. The van der Waals surface area contributed by atoms with E-state index in [0.29, 0.717) is 0 Å². The molecule has 0 spiro atoms. The molecule has 9 heteroatoms. The molecular formula is C6H2Br2ClNO4S. The van der Waals surface area contributed by atoms with E-state index in [2.05, 4.69) is 31.9 Å². The molecule has 5 nitrogen and oxygen atoms in total. The summed E-state index contributed by atoms with van der Waals surface area (Å²) in [5, 5.41) is 10.6. The van der Waals surface area contributed by atoms with Crippen LogP contribution in [0.15, 0.2) is 26.0 Å². The molecule has 0 saturated carbocycles. The van der Waals surface area contributed by atoms with Gasteiger partial charge in [0.25, 0.3) is 14.7 Å². The number of nitro benzene ring substituents is 1. The molecule has 0 fully saturated rings. The summed E-state index contributed by atoms with van der Waals surface area (Å²) in [7, 11) is 1.09. The highest BCUT2D eigenvalue weighted by molar-refractivity contribution is 9.11. The maximum atomic E-state index is 11.0. The molecule has 1 aromatic rings. The Morgan fingerprint density at radius 3 is 2.27 bits per heavy atom. The fourth-order valence-electron chi connectivity index (χ4n) is 0.878. The highest BCUT2D eigenvalue weighted by Gasteiger charge is 2.25. The fourth-order valence-corrected chi connectivity index (χ4v) is 3.96. The van der Waals surface area contributed by atoms with Crippen LogP contribution in [0.1, 0.15) is 0 Å². The Hall–Kier alpha value is -0.180. The van der Waals surface area contributed by atoms with Crippen molar-refractivity contribution in [2.75, 3.05) is 0 Å². The van der Waals surface area contributed by atoms with Crippen molar-refractivity contribution in [3.05, 3.63) is 31.2 Å². The molecule has 0 aromatic heterocycles. The zero-order valence-corrected chi connectivity index (χ0v) is 11.5. The molecular weight excluding hydrogens is 377 g/mol. The standard InChI is InChI=1S/C6H2Br2ClNO4S/c7-3-1-2-4(15(9,13)14)5(8)6(3)10(11)12/h1-2H. The van der Waals surface area contributed by atoms with Gasteiger partial charge in [0.05, 0.1) is 9.40 Å². The van der Waals surface area contributed by atoms with Gasteiger partial charge in [0.1, 0.15) is 9.37 Å². The van der Waals surface area contributed by atoms with Gasteiger partial charge in [-0.15, -0.1) is 0 Å². The lowest BCUT2D eigenvalue weighted by molar-refractivity contribution is -0.386. The van der Waals surface area contributed by atoms with Crippen molar-refractivity contribution in [3.63, 3.8) is 0 Å². The zero-order chi connectivity index (χ0) is 11.8. The number of benzene rings is 1. The Balaban J connectivity index is 3.64. The first-order chi connectivity index (χ1) is 6.75. The van der Waals surface area contributed by atoms with Crippen LogP contribution in [0.4, 0.5) is 5.69 Å². The summed E-state index contributed by atoms with van der Waals surface area (Å²) in [6.07, 6.45) is 0. The topological polar surface area (TPSA) is 77.3 Å². The first-order valence-electron chi connectivity index (χ1n) is 3.32. The van der Waals surface area contributed by atoms with Crippen LogP contribution < -0.4 is 0 Å². The van der Waals surface area contributed by atoms with Gasteiger partial charge in [0.15, 0.2) is 0 Å². The molecule has 0 N–H and O–H groups in total. The summed E-state index contributed by atoms with van der Waals surface area (Å²) in [5.74, 6) is 0. The van der Waals surface area contributed by atoms with Crippen molar-refractivity contribution in [1.82, 2.24) is 0 Å². The molecule has 0 amide bonds. The molecule has 0 aliphatic rings. The Labute approximate surface area is 106 Å². The summed E-state index contributed by atoms with van der Waals surface area (Å²) in [6, 6.07) is 2.42. The maximum Gasteiger partial charge on any atom is 0.298 e. The van der Waals surface area contributed by atoms with Crippen LogP contribution in [0, 0.1) is 10.1 Å². The summed E-state index contributed by atoms with van der Waals surface area (Å²) in [4.78, 5) is 9.59. The van der Waals surface area contributed by atoms with E-state index < -0.39 is 14.0 Å². The van der Waals surface area contributed by atoms with E-state index in [1.54, 1.807) is 0 Å². The molecule has 0 aliphatic heterocycles. The van der Waals surface area contributed by atoms with Crippen LogP contribution in [0.5, 0.6) is 0 Å². The minimum atomic E-state index is -4.01. The number of nitro groups is 1. The minimum absolute atomic E-state index is 0.170. The van der Waals surface area contributed by atoms with Crippen LogP contribution in [0.25, 0.3) is 0 Å². The lowest BCUT2D eigenvalue weighted by atomic mass is 10.3. The summed E-state index contributed by atoms with van der Waals surface area (Å²) in [5.41, 5.74) is -0.378. The number of nitrogens with zero attached hydrogens (tertiary/aromatic N) is 1. The van der Waals surface area contributed by atoms with Gasteiger partial charge in [-0.25, -0.2) is 8.42 Å². The van der Waals surface area contributed by atoms with Gasteiger partial charge in [0.2, 0.25) is 0 Å². The van der Waals surface area contributed by atoms with Crippen LogP contribution >= 0.6 is 42.5 Å². The van der Waals surface area contributed by atoms with Crippen LogP contribution in [-0.4, -0.2) is 13.3 Å². The number of hydrogen-bond donors (Lipinski definition) is 0. The summed E-state index contributed by atoms with van der Waals surface area (Å²) >= 11 is 5.77. The molecule has 0 atom stereocenters. The second kappa shape index (κ2) is 4.36. The maximum absolute atomic E-state index is 11.0. The van der Waals surface area contributed by atoms with Gasteiger partial charge in [-0.2, -0.15) is 0 Å². The van der Waals surface area contributed by atoms with Crippen molar-refractivity contribution < 1.29 is 13.3 Å². The average molecular weight is 379 g/mol. The Morgan fingerprint density at radius 2 is 1.87 bits per heavy atom. The molecule has 0 unspecified atom stereocenters. The van der Waals surface area contributed by atoms with Gasteiger partial charge < -0.3 is 0 Å². The molecule has 1 rings (SSSR count). The monoisotopic (exact) mass is 377 g/mol. The third-order valence-electron chi connectivity index (χ3n) is 1.48. The van der Waals surface area contributed by atoms with E-state index in [1.807, 2.05) is 0 Å². The van der Waals surface area contributed by atoms with E-state index >= 15 is 0 Å². The van der Waals surface area contributed by atoms with E-state index in [9.17, 15) is 18.5 Å². The second-order valence-electron chi connectivity index (χ2n) is 2.40. The number of hydrogen-bond acceptors (Lipinski definition) is 4. The largest absolute Gasteiger partial charge is 0.298 e. The van der Waals surface area contributed by atoms with E-state index in [4.69, 9.17) is 10.7 Å². The van der Waals surface area contributed by atoms with Gasteiger partial charge in [-0.05, 0) is 44.0 Å². The Kier molecular flexibility index (Phi) is 3.75. The van der Waals surface area contributed by atoms with Crippen molar-refractivity contribution >= 4 is 57.3 Å². The zero-order valence-electron chi connectivity index (χ0n) is 6.78. The molecule has 15 heavy (non-hydrogen) atoms. The molecule has 1 aromatic carbocycles. The molecule has 0 aliphatic carbocycles. The Bertz CT molecular complexity index is 530. The molecule has 0 radical (unpaired) electrons. The quantitative estimate of drug-likeness (QED) is 0.450. The number of halogens is 3. The normalized spacial score (nSPS) is 11.4. The summed E-state index contributed by atoms with van der Waals surface area (Å²) < 4.78 is 22.1. The lowest BCUT2D eigenvalue weighted by Crippen LogP contribution is -1.97. The van der Waals surface area contributed by atoms with Gasteiger partial charge in [-0.3, -0.25) is 10.1 Å². The summed E-state index contributed by atoms with van der Waals surface area (Å²) in [6.45, 7) is 0. The average Bonchev–Trinajstić information content (AvgIpc) is 2.00. The van der Waals surface area contributed by atoms with E-state index in [-0.39, 0.29) is 19.5 Å². The highest BCUT2D eigenvalue weighted by Crippen LogP contribution is 2.38. The Morgan fingerprint density at radius 1 is 1.33 bits per heavy atom. The van der Waals surface area contributed by atoms with Gasteiger partial charge in [-0.1, -0.05) is 0 Å². The molecule has 0 bridgehead atoms. The smallest absolute Gasteiger partial charge is 0.258 e. The van der Waals surface area contributed by atoms with Crippen LogP contribution in [0.2, 0.25) is 0 Å². The predicted molar refractivity (Wildman–Crippen MR) is 61.5 cm³/mol.